The smallest absolute Gasteiger partial charge is 0.220 e. The zero-order valence-corrected chi connectivity index (χ0v) is 16.6. The Hall–Kier alpha value is -2.49. The molecule has 2 aromatic rings. The zero-order valence-electron chi connectivity index (χ0n) is 16.6. The topological polar surface area (TPSA) is 47.6 Å². The standard InChI is InChI=1S/C24H29NO3/c1-2-21(20-10-9-18-5-3-4-6-19(18)16-20)25-24(26)12-8-17-7-11-22-23(15-17)28-14-13-27-22/h7,9-11,15-16,21H,2-6,8,12-14H2,1H3,(H,25,26)/t21-/m1/s1. The number of fused-ring (bicyclic) bond motifs is 2. The second-order valence-electron chi connectivity index (χ2n) is 7.74. The average Bonchev–Trinajstić information content (AvgIpc) is 2.75. The molecule has 1 N–H and O–H groups in total. The molecule has 0 saturated carbocycles. The summed E-state index contributed by atoms with van der Waals surface area (Å²) in [4.78, 5) is 12.6. The molecule has 0 fully saturated rings. The summed E-state index contributed by atoms with van der Waals surface area (Å²) in [5.41, 5.74) is 5.28. The van der Waals surface area contributed by atoms with Gasteiger partial charge in [-0.2, -0.15) is 0 Å². The Morgan fingerprint density at radius 3 is 2.61 bits per heavy atom. The van der Waals surface area contributed by atoms with Gasteiger partial charge < -0.3 is 14.8 Å². The van der Waals surface area contributed by atoms with E-state index in [0.717, 1.165) is 29.9 Å². The van der Waals surface area contributed by atoms with Crippen LogP contribution < -0.4 is 14.8 Å². The lowest BCUT2D eigenvalue weighted by atomic mass is 9.89. The van der Waals surface area contributed by atoms with Crippen molar-refractivity contribution in [2.75, 3.05) is 13.2 Å². The molecule has 2 aromatic carbocycles. The van der Waals surface area contributed by atoms with E-state index in [-0.39, 0.29) is 11.9 Å². The summed E-state index contributed by atoms with van der Waals surface area (Å²) in [5.74, 6) is 1.67. The summed E-state index contributed by atoms with van der Waals surface area (Å²) < 4.78 is 11.2. The second-order valence-corrected chi connectivity index (χ2v) is 7.74. The lowest BCUT2D eigenvalue weighted by molar-refractivity contribution is -0.121. The molecule has 28 heavy (non-hydrogen) atoms. The maximum absolute atomic E-state index is 12.6. The van der Waals surface area contributed by atoms with Crippen molar-refractivity contribution in [2.24, 2.45) is 0 Å². The lowest BCUT2D eigenvalue weighted by Gasteiger charge is -2.22. The number of hydrogen-bond donors (Lipinski definition) is 1. The normalized spacial score (nSPS) is 16.2. The zero-order chi connectivity index (χ0) is 19.3. The first kappa shape index (κ1) is 18.9. The summed E-state index contributed by atoms with van der Waals surface area (Å²) in [6.07, 6.45) is 6.99. The minimum atomic E-state index is 0.0833. The molecule has 0 unspecified atom stereocenters. The van der Waals surface area contributed by atoms with Crippen LogP contribution in [-0.4, -0.2) is 19.1 Å². The van der Waals surface area contributed by atoms with E-state index >= 15 is 0 Å². The summed E-state index contributed by atoms with van der Waals surface area (Å²) in [5, 5.41) is 3.23. The van der Waals surface area contributed by atoms with Crippen molar-refractivity contribution in [3.8, 4) is 11.5 Å². The second kappa shape index (κ2) is 8.68. The number of ether oxygens (including phenoxy) is 2. The Bertz CT molecular complexity index is 846. The van der Waals surface area contributed by atoms with Crippen LogP contribution in [0.3, 0.4) is 0 Å². The molecule has 1 amide bonds. The molecule has 2 aliphatic rings. The summed E-state index contributed by atoms with van der Waals surface area (Å²) in [6, 6.07) is 12.8. The predicted octanol–water partition coefficient (Wildman–Crippen LogP) is 4.54. The van der Waals surface area contributed by atoms with Gasteiger partial charge in [-0.3, -0.25) is 4.79 Å². The fourth-order valence-corrected chi connectivity index (χ4v) is 4.16. The number of benzene rings is 2. The molecule has 0 spiro atoms. The van der Waals surface area contributed by atoms with Gasteiger partial charge in [-0.15, -0.1) is 0 Å². The number of hydrogen-bond acceptors (Lipinski definition) is 3. The third-order valence-electron chi connectivity index (χ3n) is 5.77. The SMILES string of the molecule is CC[C@@H](NC(=O)CCc1ccc2c(c1)OCCO2)c1ccc2c(c1)CCCC2. The van der Waals surface area contributed by atoms with Crippen molar-refractivity contribution in [1.29, 1.82) is 0 Å². The van der Waals surface area contributed by atoms with Crippen molar-refractivity contribution in [3.63, 3.8) is 0 Å². The van der Waals surface area contributed by atoms with E-state index in [0.29, 0.717) is 26.1 Å². The van der Waals surface area contributed by atoms with Crippen LogP contribution in [0.4, 0.5) is 0 Å². The summed E-state index contributed by atoms with van der Waals surface area (Å²) >= 11 is 0. The molecule has 1 atom stereocenters. The molecule has 4 nitrogen and oxygen atoms in total. The Labute approximate surface area is 167 Å². The van der Waals surface area contributed by atoms with Crippen LogP contribution in [0, 0.1) is 0 Å². The van der Waals surface area contributed by atoms with Crippen molar-refractivity contribution in [2.45, 2.75) is 57.9 Å². The van der Waals surface area contributed by atoms with Crippen LogP contribution in [0.25, 0.3) is 0 Å². The van der Waals surface area contributed by atoms with Crippen LogP contribution in [0.2, 0.25) is 0 Å². The number of aryl methyl sites for hydroxylation is 3. The molecule has 1 aliphatic heterocycles. The van der Waals surface area contributed by atoms with Crippen LogP contribution in [0.15, 0.2) is 36.4 Å². The van der Waals surface area contributed by atoms with Gasteiger partial charge in [-0.25, -0.2) is 0 Å². The molecule has 1 heterocycles. The molecule has 0 saturated heterocycles. The number of carbonyl (C=O) groups is 1. The van der Waals surface area contributed by atoms with Crippen molar-refractivity contribution in [1.82, 2.24) is 5.32 Å². The van der Waals surface area contributed by atoms with E-state index < -0.39 is 0 Å². The van der Waals surface area contributed by atoms with Crippen LogP contribution in [0.5, 0.6) is 11.5 Å². The maximum atomic E-state index is 12.6. The Morgan fingerprint density at radius 2 is 1.79 bits per heavy atom. The van der Waals surface area contributed by atoms with Gasteiger partial charge in [0.2, 0.25) is 5.91 Å². The Balaban J connectivity index is 1.35. The lowest BCUT2D eigenvalue weighted by Crippen LogP contribution is -2.28. The van der Waals surface area contributed by atoms with E-state index in [1.165, 1.54) is 36.0 Å². The monoisotopic (exact) mass is 379 g/mol. The number of nitrogens with one attached hydrogen (secondary N) is 1. The van der Waals surface area contributed by atoms with E-state index in [1.54, 1.807) is 0 Å². The number of rotatable bonds is 6. The van der Waals surface area contributed by atoms with E-state index in [9.17, 15) is 4.79 Å². The van der Waals surface area contributed by atoms with Gasteiger partial charge >= 0.3 is 0 Å². The molecule has 0 aromatic heterocycles. The first-order valence-corrected chi connectivity index (χ1v) is 10.5. The largest absolute Gasteiger partial charge is 0.486 e. The highest BCUT2D eigenvalue weighted by molar-refractivity contribution is 5.76. The Kier molecular flexibility index (Phi) is 5.84. The first-order chi connectivity index (χ1) is 13.7. The van der Waals surface area contributed by atoms with Crippen LogP contribution in [0.1, 0.15) is 60.9 Å². The van der Waals surface area contributed by atoms with Gasteiger partial charge in [0.15, 0.2) is 11.5 Å². The fourth-order valence-electron chi connectivity index (χ4n) is 4.16. The van der Waals surface area contributed by atoms with Crippen molar-refractivity contribution in [3.05, 3.63) is 58.7 Å². The molecule has 1 aliphatic carbocycles. The molecular weight excluding hydrogens is 350 g/mol. The van der Waals surface area contributed by atoms with Crippen LogP contribution in [-0.2, 0) is 24.1 Å². The Morgan fingerprint density at radius 1 is 1.00 bits per heavy atom. The van der Waals surface area contributed by atoms with Gasteiger partial charge in [-0.05, 0) is 72.9 Å². The van der Waals surface area contributed by atoms with Gasteiger partial charge in [0.1, 0.15) is 13.2 Å². The van der Waals surface area contributed by atoms with Crippen molar-refractivity contribution >= 4 is 5.91 Å². The highest BCUT2D eigenvalue weighted by atomic mass is 16.6. The molecular formula is C24H29NO3. The quantitative estimate of drug-likeness (QED) is 0.802. The molecule has 0 bridgehead atoms. The van der Waals surface area contributed by atoms with E-state index in [2.05, 4.69) is 30.4 Å². The van der Waals surface area contributed by atoms with Crippen LogP contribution >= 0.6 is 0 Å². The van der Waals surface area contributed by atoms with Crippen molar-refractivity contribution < 1.29 is 14.3 Å². The van der Waals surface area contributed by atoms with Gasteiger partial charge in [0.05, 0.1) is 6.04 Å². The van der Waals surface area contributed by atoms with E-state index in [1.807, 2.05) is 18.2 Å². The molecule has 4 heteroatoms. The molecule has 0 radical (unpaired) electrons. The van der Waals surface area contributed by atoms with Gasteiger partial charge in [0, 0.05) is 6.42 Å². The van der Waals surface area contributed by atoms with Gasteiger partial charge in [-0.1, -0.05) is 31.2 Å². The number of amides is 1. The highest BCUT2D eigenvalue weighted by Gasteiger charge is 2.17. The maximum Gasteiger partial charge on any atom is 0.220 e. The summed E-state index contributed by atoms with van der Waals surface area (Å²) in [7, 11) is 0. The predicted molar refractivity (Wildman–Crippen MR) is 110 cm³/mol. The van der Waals surface area contributed by atoms with Gasteiger partial charge in [0.25, 0.3) is 0 Å². The minimum absolute atomic E-state index is 0.0833. The molecule has 148 valence electrons. The molecule has 4 rings (SSSR count). The minimum Gasteiger partial charge on any atom is -0.486 e. The number of carbonyl (C=O) groups excluding carboxylic acids is 1. The first-order valence-electron chi connectivity index (χ1n) is 10.5. The van der Waals surface area contributed by atoms with E-state index in [4.69, 9.17) is 9.47 Å². The third kappa shape index (κ3) is 4.32. The fraction of sp³-hybridized carbons (Fsp3) is 0.458. The highest BCUT2D eigenvalue weighted by Crippen LogP contribution is 2.31. The third-order valence-corrected chi connectivity index (χ3v) is 5.77. The average molecular weight is 380 g/mol. The summed E-state index contributed by atoms with van der Waals surface area (Å²) in [6.45, 7) is 3.30.